The molecule has 0 aliphatic carbocycles. The highest BCUT2D eigenvalue weighted by atomic mass is 35.5. The van der Waals surface area contributed by atoms with E-state index < -0.39 is 5.60 Å². The molecule has 1 atom stereocenters. The quantitative estimate of drug-likeness (QED) is 0.578. The number of amides is 1. The minimum atomic E-state index is -1.36. The van der Waals surface area contributed by atoms with Gasteiger partial charge < -0.3 is 20.3 Å². The number of aromatic amines is 1. The van der Waals surface area contributed by atoms with Crippen molar-refractivity contribution in [2.24, 2.45) is 0 Å². The first kappa shape index (κ1) is 20.5. The number of rotatable bonds is 3. The van der Waals surface area contributed by atoms with E-state index >= 15 is 0 Å². The molecule has 1 saturated heterocycles. The summed E-state index contributed by atoms with van der Waals surface area (Å²) in [7, 11) is 0. The zero-order chi connectivity index (χ0) is 21.8. The van der Waals surface area contributed by atoms with Crippen molar-refractivity contribution in [3.05, 3.63) is 52.3 Å². The topological polar surface area (TPSA) is 81.2 Å². The zero-order valence-corrected chi connectivity index (χ0v) is 18.6. The summed E-state index contributed by atoms with van der Waals surface area (Å²) in [4.78, 5) is 22.1. The van der Waals surface area contributed by atoms with E-state index in [1.807, 2.05) is 6.20 Å². The minimum Gasteiger partial charge on any atom is -0.381 e. The monoisotopic (exact) mass is 438 g/mol. The first-order valence-corrected chi connectivity index (χ1v) is 11.2. The highest BCUT2D eigenvalue weighted by Gasteiger charge is 2.33. The van der Waals surface area contributed by atoms with Gasteiger partial charge in [-0.3, -0.25) is 4.79 Å². The number of aliphatic hydroxyl groups is 1. The smallest absolute Gasteiger partial charge is 0.254 e. The lowest BCUT2D eigenvalue weighted by atomic mass is 9.86. The molecule has 2 aliphatic rings. The highest BCUT2D eigenvalue weighted by molar-refractivity contribution is 6.35. The Morgan fingerprint density at radius 1 is 1.29 bits per heavy atom. The van der Waals surface area contributed by atoms with Crippen molar-refractivity contribution in [3.63, 3.8) is 0 Å². The van der Waals surface area contributed by atoms with Crippen LogP contribution in [0.2, 0.25) is 5.02 Å². The fourth-order valence-electron chi connectivity index (χ4n) is 4.81. The number of pyridine rings is 1. The van der Waals surface area contributed by atoms with Crippen LogP contribution < -0.4 is 5.32 Å². The lowest BCUT2D eigenvalue weighted by Crippen LogP contribution is -2.47. The van der Waals surface area contributed by atoms with Crippen LogP contribution in [-0.4, -0.2) is 44.6 Å². The molecule has 162 valence electrons. The van der Waals surface area contributed by atoms with Gasteiger partial charge in [-0.25, -0.2) is 4.98 Å². The molecule has 3 N–H and O–H groups in total. The molecule has 2 aromatic heterocycles. The highest BCUT2D eigenvalue weighted by Crippen LogP contribution is 2.37. The summed E-state index contributed by atoms with van der Waals surface area (Å²) in [5.74, 6) is -0.218. The third kappa shape index (κ3) is 3.73. The second-order valence-electron chi connectivity index (χ2n) is 9.14. The number of hydrogen-bond donors (Lipinski definition) is 3. The number of nitrogens with one attached hydrogen (secondary N) is 2. The summed E-state index contributed by atoms with van der Waals surface area (Å²) in [5, 5.41) is 15.4. The minimum absolute atomic E-state index is 0.218. The number of halogens is 1. The zero-order valence-electron chi connectivity index (χ0n) is 17.8. The van der Waals surface area contributed by atoms with Gasteiger partial charge in [-0.15, -0.1) is 0 Å². The maximum atomic E-state index is 12.7. The van der Waals surface area contributed by atoms with Crippen molar-refractivity contribution in [2.75, 3.05) is 13.1 Å². The molecule has 1 aromatic carbocycles. The standard InChI is InChI=1S/C24H27ClN4O2/c1-24(2,31)23(30)29-7-5-14-8-15(9-17(19(14)13-29)21-4-3-6-26-21)16-10-18-20(25)12-28-22(18)27-11-16/h8-12,21,26,31H,3-7,13H2,1-2H3,(H,27,28)/t21-/m0/s1. The van der Waals surface area contributed by atoms with E-state index in [0.29, 0.717) is 18.1 Å². The second-order valence-corrected chi connectivity index (χ2v) is 9.55. The summed E-state index contributed by atoms with van der Waals surface area (Å²) in [6.07, 6.45) is 6.64. The van der Waals surface area contributed by atoms with Gasteiger partial charge in [-0.1, -0.05) is 17.7 Å². The summed E-state index contributed by atoms with van der Waals surface area (Å²) in [6, 6.07) is 6.83. The largest absolute Gasteiger partial charge is 0.381 e. The van der Waals surface area contributed by atoms with Crippen molar-refractivity contribution in [3.8, 4) is 11.1 Å². The molecule has 0 bridgehead atoms. The summed E-state index contributed by atoms with van der Waals surface area (Å²) in [6.45, 7) is 5.26. The van der Waals surface area contributed by atoms with Gasteiger partial charge in [0.15, 0.2) is 0 Å². The Hall–Kier alpha value is -2.41. The van der Waals surface area contributed by atoms with Gasteiger partial charge in [0.1, 0.15) is 11.2 Å². The van der Waals surface area contributed by atoms with Crippen molar-refractivity contribution in [2.45, 2.75) is 51.3 Å². The molecule has 0 saturated carbocycles. The first-order chi connectivity index (χ1) is 14.8. The van der Waals surface area contributed by atoms with Gasteiger partial charge in [-0.2, -0.15) is 0 Å². The SMILES string of the molecule is CC(C)(O)C(=O)N1CCc2cc(-c3cnc4[nH]cc(Cl)c4c3)cc([C@@H]3CCCN3)c2C1. The molecule has 7 heteroatoms. The molecule has 1 amide bonds. The number of hydrogen-bond acceptors (Lipinski definition) is 4. The average molecular weight is 439 g/mol. The number of benzene rings is 1. The van der Waals surface area contributed by atoms with Gasteiger partial charge >= 0.3 is 0 Å². The molecule has 5 rings (SSSR count). The fourth-order valence-corrected chi connectivity index (χ4v) is 5.01. The van der Waals surface area contributed by atoms with Crippen molar-refractivity contribution in [1.82, 2.24) is 20.2 Å². The van der Waals surface area contributed by atoms with Crippen molar-refractivity contribution in [1.29, 1.82) is 0 Å². The third-order valence-corrected chi connectivity index (χ3v) is 6.75. The maximum absolute atomic E-state index is 12.7. The Morgan fingerprint density at radius 2 is 2.13 bits per heavy atom. The number of carbonyl (C=O) groups excluding carboxylic acids is 1. The first-order valence-electron chi connectivity index (χ1n) is 10.8. The Labute approximate surface area is 186 Å². The van der Waals surface area contributed by atoms with Crippen LogP contribution in [0.1, 0.15) is 49.4 Å². The Bertz CT molecular complexity index is 1160. The van der Waals surface area contributed by atoms with Gasteiger partial charge in [0.05, 0.1) is 5.02 Å². The molecule has 4 heterocycles. The van der Waals surface area contributed by atoms with Crippen molar-refractivity contribution < 1.29 is 9.90 Å². The van der Waals surface area contributed by atoms with E-state index in [4.69, 9.17) is 11.6 Å². The van der Waals surface area contributed by atoms with Crippen LogP contribution in [-0.2, 0) is 17.8 Å². The normalized spacial score (nSPS) is 19.1. The summed E-state index contributed by atoms with van der Waals surface area (Å²) >= 11 is 6.33. The van der Waals surface area contributed by atoms with Crippen LogP contribution in [0.15, 0.2) is 30.6 Å². The molecule has 2 aliphatic heterocycles. The summed E-state index contributed by atoms with van der Waals surface area (Å²) in [5.41, 5.74) is 5.30. The molecule has 0 spiro atoms. The van der Waals surface area contributed by atoms with Gasteiger partial charge in [0, 0.05) is 42.5 Å². The molecule has 6 nitrogen and oxygen atoms in total. The molecular formula is C24H27ClN4O2. The Balaban J connectivity index is 1.58. The van der Waals surface area contributed by atoms with Crippen LogP contribution in [0, 0.1) is 0 Å². The molecule has 3 aromatic rings. The predicted octanol–water partition coefficient (Wildman–Crippen LogP) is 3.96. The number of carbonyl (C=O) groups is 1. The van der Waals surface area contributed by atoms with Gasteiger partial charge in [-0.05, 0) is 74.0 Å². The van der Waals surface area contributed by atoms with E-state index in [1.165, 1.54) is 16.7 Å². The van der Waals surface area contributed by atoms with Crippen molar-refractivity contribution >= 4 is 28.5 Å². The number of nitrogens with zero attached hydrogens (tertiary/aromatic N) is 2. The Kier molecular flexibility index (Phi) is 5.04. The average Bonchev–Trinajstić information content (AvgIpc) is 3.41. The van der Waals surface area contributed by atoms with Crippen LogP contribution in [0.5, 0.6) is 0 Å². The lowest BCUT2D eigenvalue weighted by Gasteiger charge is -2.35. The number of H-pyrrole nitrogens is 1. The molecule has 0 unspecified atom stereocenters. The van der Waals surface area contributed by atoms with Crippen LogP contribution in [0.4, 0.5) is 0 Å². The fraction of sp³-hybridized carbons (Fsp3) is 0.417. The molecular weight excluding hydrogens is 412 g/mol. The number of fused-ring (bicyclic) bond motifs is 2. The Morgan fingerprint density at radius 3 is 2.87 bits per heavy atom. The molecule has 1 fully saturated rings. The van der Waals surface area contributed by atoms with E-state index in [0.717, 1.165) is 48.0 Å². The maximum Gasteiger partial charge on any atom is 0.254 e. The lowest BCUT2D eigenvalue weighted by molar-refractivity contribution is -0.148. The summed E-state index contributed by atoms with van der Waals surface area (Å²) < 4.78 is 0. The second kappa shape index (κ2) is 7.62. The molecule has 0 radical (unpaired) electrons. The van der Waals surface area contributed by atoms with Gasteiger partial charge in [0.2, 0.25) is 0 Å². The molecule has 31 heavy (non-hydrogen) atoms. The number of aromatic nitrogens is 2. The van der Waals surface area contributed by atoms with E-state index in [1.54, 1.807) is 24.9 Å². The van der Waals surface area contributed by atoms with Crippen LogP contribution in [0.25, 0.3) is 22.2 Å². The van der Waals surface area contributed by atoms with Gasteiger partial charge in [0.25, 0.3) is 5.91 Å². The van der Waals surface area contributed by atoms with Crippen LogP contribution >= 0.6 is 11.6 Å². The van der Waals surface area contributed by atoms with E-state index in [2.05, 4.69) is 33.5 Å². The van der Waals surface area contributed by atoms with E-state index in [-0.39, 0.29) is 11.9 Å². The van der Waals surface area contributed by atoms with E-state index in [9.17, 15) is 9.90 Å². The predicted molar refractivity (Wildman–Crippen MR) is 122 cm³/mol. The van der Waals surface area contributed by atoms with Crippen LogP contribution in [0.3, 0.4) is 0 Å². The third-order valence-electron chi connectivity index (χ3n) is 6.44.